The SMILES string of the molecule is CCN1CCC[C@H]1CNC(=O)c1cc2c(OC)cccc2[nH]1. The lowest BCUT2D eigenvalue weighted by molar-refractivity contribution is 0.0937. The van der Waals surface area contributed by atoms with Crippen molar-refractivity contribution in [2.45, 2.75) is 25.8 Å². The summed E-state index contributed by atoms with van der Waals surface area (Å²) in [5.74, 6) is 0.724. The number of nitrogens with zero attached hydrogens (tertiary/aromatic N) is 1. The average Bonchev–Trinajstić information content (AvgIpc) is 3.17. The molecule has 0 radical (unpaired) electrons. The lowest BCUT2D eigenvalue weighted by atomic mass is 10.2. The number of carbonyl (C=O) groups is 1. The summed E-state index contributed by atoms with van der Waals surface area (Å²) in [6.45, 7) is 5.06. The van der Waals surface area contributed by atoms with Crippen LogP contribution in [0.15, 0.2) is 24.3 Å². The molecule has 0 aliphatic carbocycles. The summed E-state index contributed by atoms with van der Waals surface area (Å²) in [4.78, 5) is 18.0. The summed E-state index contributed by atoms with van der Waals surface area (Å²) in [5.41, 5.74) is 1.50. The summed E-state index contributed by atoms with van der Waals surface area (Å²) >= 11 is 0. The number of ether oxygens (including phenoxy) is 1. The summed E-state index contributed by atoms with van der Waals surface area (Å²) < 4.78 is 5.33. The normalized spacial score (nSPS) is 18.7. The predicted octanol–water partition coefficient (Wildman–Crippen LogP) is 2.39. The first-order valence-electron chi connectivity index (χ1n) is 7.91. The van der Waals surface area contributed by atoms with Gasteiger partial charge in [-0.05, 0) is 44.1 Å². The van der Waals surface area contributed by atoms with Gasteiger partial charge in [0.1, 0.15) is 11.4 Å². The Morgan fingerprint density at radius 2 is 2.36 bits per heavy atom. The van der Waals surface area contributed by atoms with Crippen LogP contribution in [0.1, 0.15) is 30.3 Å². The molecule has 2 heterocycles. The maximum Gasteiger partial charge on any atom is 0.267 e. The zero-order valence-electron chi connectivity index (χ0n) is 13.2. The molecule has 1 aromatic heterocycles. The zero-order valence-corrected chi connectivity index (χ0v) is 13.2. The smallest absolute Gasteiger partial charge is 0.267 e. The summed E-state index contributed by atoms with van der Waals surface area (Å²) in [6.07, 6.45) is 2.38. The van der Waals surface area contributed by atoms with E-state index in [0.29, 0.717) is 18.3 Å². The Labute approximate surface area is 130 Å². The van der Waals surface area contributed by atoms with Crippen molar-refractivity contribution in [3.8, 4) is 5.75 Å². The van der Waals surface area contributed by atoms with Gasteiger partial charge in [0.05, 0.1) is 7.11 Å². The Balaban J connectivity index is 1.70. The van der Waals surface area contributed by atoms with Crippen LogP contribution in [-0.2, 0) is 0 Å². The number of hydrogen-bond acceptors (Lipinski definition) is 3. The first-order chi connectivity index (χ1) is 10.7. The summed E-state index contributed by atoms with van der Waals surface area (Å²) in [5, 5.41) is 3.99. The Kier molecular flexibility index (Phi) is 4.34. The number of aromatic amines is 1. The monoisotopic (exact) mass is 301 g/mol. The lowest BCUT2D eigenvalue weighted by Gasteiger charge is -2.22. The molecule has 0 saturated carbocycles. The van der Waals surface area contributed by atoms with E-state index in [9.17, 15) is 4.79 Å². The molecule has 2 aromatic rings. The first-order valence-corrected chi connectivity index (χ1v) is 7.91. The van der Waals surface area contributed by atoms with Gasteiger partial charge >= 0.3 is 0 Å². The van der Waals surface area contributed by atoms with E-state index in [1.54, 1.807) is 7.11 Å². The Hall–Kier alpha value is -2.01. The molecule has 5 heteroatoms. The van der Waals surface area contributed by atoms with Gasteiger partial charge in [-0.1, -0.05) is 13.0 Å². The van der Waals surface area contributed by atoms with Crippen molar-refractivity contribution in [3.05, 3.63) is 30.0 Å². The number of H-pyrrole nitrogens is 1. The van der Waals surface area contributed by atoms with Crippen LogP contribution in [-0.4, -0.2) is 48.6 Å². The van der Waals surface area contributed by atoms with E-state index >= 15 is 0 Å². The summed E-state index contributed by atoms with van der Waals surface area (Å²) in [7, 11) is 1.64. The van der Waals surface area contributed by atoms with Crippen molar-refractivity contribution < 1.29 is 9.53 Å². The number of hydrogen-bond donors (Lipinski definition) is 2. The van der Waals surface area contributed by atoms with Gasteiger partial charge in [0.2, 0.25) is 0 Å². The quantitative estimate of drug-likeness (QED) is 0.891. The van der Waals surface area contributed by atoms with Gasteiger partial charge in [-0.3, -0.25) is 9.69 Å². The Bertz CT molecular complexity index is 665. The molecule has 1 aliphatic heterocycles. The highest BCUT2D eigenvalue weighted by Gasteiger charge is 2.23. The van der Waals surface area contributed by atoms with E-state index in [0.717, 1.165) is 36.2 Å². The van der Waals surface area contributed by atoms with Crippen molar-refractivity contribution >= 4 is 16.8 Å². The van der Waals surface area contributed by atoms with E-state index < -0.39 is 0 Å². The molecule has 22 heavy (non-hydrogen) atoms. The van der Waals surface area contributed by atoms with Crippen LogP contribution >= 0.6 is 0 Å². The molecule has 0 spiro atoms. The molecular formula is C17H23N3O2. The number of fused-ring (bicyclic) bond motifs is 1. The van der Waals surface area contributed by atoms with E-state index in [1.165, 1.54) is 6.42 Å². The fourth-order valence-electron chi connectivity index (χ4n) is 3.28. The number of benzene rings is 1. The van der Waals surface area contributed by atoms with Crippen molar-refractivity contribution in [2.75, 3.05) is 26.7 Å². The van der Waals surface area contributed by atoms with Gasteiger partial charge in [0, 0.05) is 23.5 Å². The van der Waals surface area contributed by atoms with Gasteiger partial charge in [-0.2, -0.15) is 0 Å². The third-order valence-electron chi connectivity index (χ3n) is 4.49. The Morgan fingerprint density at radius 3 is 3.14 bits per heavy atom. The second-order valence-corrected chi connectivity index (χ2v) is 5.74. The number of methoxy groups -OCH3 is 1. The molecule has 0 bridgehead atoms. The number of likely N-dealkylation sites (N-methyl/N-ethyl adjacent to an activating group) is 1. The second-order valence-electron chi connectivity index (χ2n) is 5.74. The minimum absolute atomic E-state index is 0.0544. The van der Waals surface area contributed by atoms with Crippen LogP contribution in [0.5, 0.6) is 5.75 Å². The van der Waals surface area contributed by atoms with E-state index in [1.807, 2.05) is 24.3 Å². The molecule has 0 unspecified atom stereocenters. The maximum absolute atomic E-state index is 12.4. The van der Waals surface area contributed by atoms with Gasteiger partial charge in [0.15, 0.2) is 0 Å². The minimum atomic E-state index is -0.0544. The van der Waals surface area contributed by atoms with Gasteiger partial charge in [-0.25, -0.2) is 0 Å². The highest BCUT2D eigenvalue weighted by molar-refractivity contribution is 5.99. The van der Waals surface area contributed by atoms with Gasteiger partial charge in [0.25, 0.3) is 5.91 Å². The number of amides is 1. The standard InChI is InChI=1S/C17H23N3O2/c1-3-20-9-5-6-12(20)11-18-17(21)15-10-13-14(19-15)7-4-8-16(13)22-2/h4,7-8,10,12,19H,3,5-6,9,11H2,1-2H3,(H,18,21)/t12-/m0/s1. The number of nitrogens with one attached hydrogen (secondary N) is 2. The van der Waals surface area contributed by atoms with E-state index in [2.05, 4.69) is 22.1 Å². The first kappa shape index (κ1) is 14.9. The van der Waals surface area contributed by atoms with Crippen LogP contribution < -0.4 is 10.1 Å². The molecule has 118 valence electrons. The second kappa shape index (κ2) is 6.40. The highest BCUT2D eigenvalue weighted by Crippen LogP contribution is 2.26. The molecule has 1 aromatic carbocycles. The van der Waals surface area contributed by atoms with Crippen molar-refractivity contribution in [2.24, 2.45) is 0 Å². The molecule has 2 N–H and O–H groups in total. The average molecular weight is 301 g/mol. The number of rotatable bonds is 5. The minimum Gasteiger partial charge on any atom is -0.496 e. The van der Waals surface area contributed by atoms with Gasteiger partial charge in [-0.15, -0.1) is 0 Å². The molecule has 1 saturated heterocycles. The largest absolute Gasteiger partial charge is 0.496 e. The number of carbonyl (C=O) groups excluding carboxylic acids is 1. The highest BCUT2D eigenvalue weighted by atomic mass is 16.5. The molecule has 3 rings (SSSR count). The maximum atomic E-state index is 12.4. The van der Waals surface area contributed by atoms with Crippen LogP contribution in [0.25, 0.3) is 10.9 Å². The van der Waals surface area contributed by atoms with Crippen LogP contribution in [0.3, 0.4) is 0 Å². The van der Waals surface area contributed by atoms with Crippen LogP contribution in [0.4, 0.5) is 0 Å². The van der Waals surface area contributed by atoms with Crippen LogP contribution in [0.2, 0.25) is 0 Å². The molecule has 1 amide bonds. The van der Waals surface area contributed by atoms with E-state index in [4.69, 9.17) is 4.74 Å². The topological polar surface area (TPSA) is 57.4 Å². The molecular weight excluding hydrogens is 278 g/mol. The van der Waals surface area contributed by atoms with Crippen molar-refractivity contribution in [1.82, 2.24) is 15.2 Å². The molecule has 1 aliphatic rings. The van der Waals surface area contributed by atoms with Crippen LogP contribution in [0, 0.1) is 0 Å². The van der Waals surface area contributed by atoms with Crippen molar-refractivity contribution in [1.29, 1.82) is 0 Å². The predicted molar refractivity (Wildman–Crippen MR) is 87.5 cm³/mol. The molecule has 5 nitrogen and oxygen atoms in total. The lowest BCUT2D eigenvalue weighted by Crippen LogP contribution is -2.40. The third kappa shape index (κ3) is 2.81. The number of likely N-dealkylation sites (tertiary alicyclic amines) is 1. The molecule has 1 fully saturated rings. The Morgan fingerprint density at radius 1 is 1.50 bits per heavy atom. The zero-order chi connectivity index (χ0) is 15.5. The fraction of sp³-hybridized carbons (Fsp3) is 0.471. The fourth-order valence-corrected chi connectivity index (χ4v) is 3.28. The van der Waals surface area contributed by atoms with E-state index in [-0.39, 0.29) is 5.91 Å². The number of aromatic nitrogens is 1. The van der Waals surface area contributed by atoms with Gasteiger partial charge < -0.3 is 15.0 Å². The molecule has 1 atom stereocenters. The third-order valence-corrected chi connectivity index (χ3v) is 4.49. The van der Waals surface area contributed by atoms with Crippen molar-refractivity contribution in [3.63, 3.8) is 0 Å². The summed E-state index contributed by atoms with van der Waals surface area (Å²) in [6, 6.07) is 8.08.